The highest BCUT2D eigenvalue weighted by molar-refractivity contribution is 6.31. The first-order valence-electron chi connectivity index (χ1n) is 10.5. The number of halogens is 1. The Bertz CT molecular complexity index is 729. The number of benzene rings is 1. The average Bonchev–Trinajstić information content (AvgIpc) is 2.62. The maximum Gasteiger partial charge on any atom is 0.229 e. The lowest BCUT2D eigenvalue weighted by Gasteiger charge is -2.57. The second-order valence-corrected chi connectivity index (χ2v) is 10.1. The Morgan fingerprint density at radius 2 is 1.74 bits per heavy atom. The van der Waals surface area contributed by atoms with Crippen molar-refractivity contribution in [2.24, 2.45) is 23.2 Å². The van der Waals surface area contributed by atoms with E-state index < -0.39 is 0 Å². The lowest BCUT2D eigenvalue weighted by molar-refractivity contribution is -0.160. The van der Waals surface area contributed by atoms with Gasteiger partial charge in [-0.15, -0.1) is 0 Å². The predicted octanol–water partition coefficient (Wildman–Crippen LogP) is 4.18. The maximum absolute atomic E-state index is 13.7. The number of carbonyl (C=O) groups is 1. The maximum atomic E-state index is 13.7. The molecule has 6 rings (SSSR count). The minimum absolute atomic E-state index is 0.0414. The number of rotatable bonds is 2. The molecule has 1 atom stereocenters. The summed E-state index contributed by atoms with van der Waals surface area (Å²) in [6, 6.07) is 5.85. The van der Waals surface area contributed by atoms with Gasteiger partial charge in [-0.05, 0) is 81.4 Å². The highest BCUT2D eigenvalue weighted by Gasteiger charge is 2.56. The van der Waals surface area contributed by atoms with Crippen LogP contribution in [0, 0.1) is 23.2 Å². The normalized spacial score (nSPS) is 37.7. The molecule has 5 fully saturated rings. The molecule has 1 aliphatic heterocycles. The number of hydrogen-bond acceptors (Lipinski definition) is 3. The molecule has 0 aromatic heterocycles. The molecule has 0 unspecified atom stereocenters. The van der Waals surface area contributed by atoms with E-state index in [1.54, 1.807) is 0 Å². The summed E-state index contributed by atoms with van der Waals surface area (Å²) in [5.41, 5.74) is 7.89. The molecule has 4 bridgehead atoms. The summed E-state index contributed by atoms with van der Waals surface area (Å²) in [6.07, 6.45) is 7.57. The summed E-state index contributed by atoms with van der Waals surface area (Å²) < 4.78 is 0. The number of carbonyl (C=O) groups excluding carboxylic acids is 1. The van der Waals surface area contributed by atoms with Gasteiger partial charge in [0.2, 0.25) is 5.91 Å². The van der Waals surface area contributed by atoms with Crippen molar-refractivity contribution in [2.45, 2.75) is 51.5 Å². The number of nitrogens with two attached hydrogens (primary N) is 1. The smallest absolute Gasteiger partial charge is 0.229 e. The Morgan fingerprint density at radius 3 is 2.33 bits per heavy atom. The van der Waals surface area contributed by atoms with E-state index in [-0.39, 0.29) is 11.5 Å². The van der Waals surface area contributed by atoms with E-state index in [0.717, 1.165) is 68.0 Å². The average molecular weight is 388 g/mol. The predicted molar refractivity (Wildman–Crippen MR) is 110 cm³/mol. The van der Waals surface area contributed by atoms with Gasteiger partial charge < -0.3 is 15.5 Å². The Hall–Kier alpha value is -1.42. The van der Waals surface area contributed by atoms with Crippen LogP contribution in [-0.2, 0) is 4.79 Å². The standard InChI is InChI=1S/C22H30ClN3O/c1-14-13-25(20-9-18(23)2-3-19(20)24)4-5-26(14)21(27)22-10-15-6-16(11-22)8-17(7-15)12-22/h2-3,9,14-17H,4-8,10-13,24H2,1H3/t14-,15?,16?,17?,22?/m0/s1. The quantitative estimate of drug-likeness (QED) is 0.774. The summed E-state index contributed by atoms with van der Waals surface area (Å²) >= 11 is 6.18. The molecule has 4 saturated carbocycles. The van der Waals surface area contributed by atoms with E-state index in [9.17, 15) is 4.79 Å². The van der Waals surface area contributed by atoms with Crippen molar-refractivity contribution in [1.29, 1.82) is 0 Å². The van der Waals surface area contributed by atoms with Crippen LogP contribution in [0.15, 0.2) is 18.2 Å². The molecule has 0 radical (unpaired) electrons. The van der Waals surface area contributed by atoms with Gasteiger partial charge in [0.05, 0.1) is 16.8 Å². The minimum atomic E-state index is -0.0414. The Morgan fingerprint density at radius 1 is 1.11 bits per heavy atom. The molecule has 27 heavy (non-hydrogen) atoms. The number of nitrogens with zero attached hydrogens (tertiary/aromatic N) is 2. The number of hydrogen-bond donors (Lipinski definition) is 1. The Kier molecular flexibility index (Phi) is 4.12. The van der Waals surface area contributed by atoms with Crippen LogP contribution in [0.5, 0.6) is 0 Å². The first-order valence-corrected chi connectivity index (χ1v) is 10.9. The van der Waals surface area contributed by atoms with Crippen LogP contribution in [0.25, 0.3) is 0 Å². The SMILES string of the molecule is C[C@H]1CN(c2cc(Cl)ccc2N)CCN1C(=O)C12CC3CC(CC(C3)C1)C2. The van der Waals surface area contributed by atoms with Crippen molar-refractivity contribution in [3.05, 3.63) is 23.2 Å². The zero-order chi connectivity index (χ0) is 18.8. The first-order chi connectivity index (χ1) is 12.9. The van der Waals surface area contributed by atoms with Gasteiger partial charge in [-0.25, -0.2) is 0 Å². The lowest BCUT2D eigenvalue weighted by Crippen LogP contribution is -2.61. The first kappa shape index (κ1) is 17.7. The summed E-state index contributed by atoms with van der Waals surface area (Å²) in [6.45, 7) is 4.62. The van der Waals surface area contributed by atoms with Crippen molar-refractivity contribution < 1.29 is 4.79 Å². The van der Waals surface area contributed by atoms with E-state index in [1.807, 2.05) is 18.2 Å². The molecular weight excluding hydrogens is 358 g/mol. The van der Waals surface area contributed by atoms with Crippen molar-refractivity contribution >= 4 is 28.9 Å². The van der Waals surface area contributed by atoms with E-state index >= 15 is 0 Å². The fourth-order valence-electron chi connectivity index (χ4n) is 6.95. The zero-order valence-corrected chi connectivity index (χ0v) is 16.9. The molecule has 4 nitrogen and oxygen atoms in total. The molecule has 5 aliphatic rings. The van der Waals surface area contributed by atoms with Gasteiger partial charge >= 0.3 is 0 Å². The van der Waals surface area contributed by atoms with Gasteiger partial charge in [0.1, 0.15) is 0 Å². The van der Waals surface area contributed by atoms with Crippen LogP contribution in [-0.4, -0.2) is 36.5 Å². The summed E-state index contributed by atoms with van der Waals surface area (Å²) in [4.78, 5) is 18.2. The largest absolute Gasteiger partial charge is 0.397 e. The molecule has 146 valence electrons. The van der Waals surface area contributed by atoms with Gasteiger partial charge in [-0.1, -0.05) is 11.6 Å². The van der Waals surface area contributed by atoms with E-state index in [2.05, 4.69) is 16.7 Å². The van der Waals surface area contributed by atoms with Crippen molar-refractivity contribution in [1.82, 2.24) is 4.90 Å². The fourth-order valence-corrected chi connectivity index (χ4v) is 7.11. The Labute approximate surface area is 167 Å². The topological polar surface area (TPSA) is 49.6 Å². The van der Waals surface area contributed by atoms with Gasteiger partial charge in [0.15, 0.2) is 0 Å². The Balaban J connectivity index is 1.33. The van der Waals surface area contributed by atoms with Crippen LogP contribution in [0.4, 0.5) is 11.4 Å². The van der Waals surface area contributed by atoms with Gasteiger partial charge in [-0.2, -0.15) is 0 Å². The van der Waals surface area contributed by atoms with Gasteiger partial charge in [0, 0.05) is 30.7 Å². The minimum Gasteiger partial charge on any atom is -0.397 e. The van der Waals surface area contributed by atoms with Gasteiger partial charge in [0.25, 0.3) is 0 Å². The van der Waals surface area contributed by atoms with Crippen molar-refractivity contribution in [3.63, 3.8) is 0 Å². The fraction of sp³-hybridized carbons (Fsp3) is 0.682. The molecule has 1 amide bonds. The molecule has 1 aromatic rings. The second-order valence-electron chi connectivity index (χ2n) is 9.69. The third-order valence-electron chi connectivity index (χ3n) is 7.71. The summed E-state index contributed by atoms with van der Waals surface area (Å²) in [5, 5.41) is 0.707. The number of amides is 1. The highest BCUT2D eigenvalue weighted by Crippen LogP contribution is 2.60. The third kappa shape index (κ3) is 2.91. The van der Waals surface area contributed by atoms with Crippen LogP contribution in [0.3, 0.4) is 0 Å². The molecule has 4 aliphatic carbocycles. The third-order valence-corrected chi connectivity index (χ3v) is 7.95. The summed E-state index contributed by atoms with van der Waals surface area (Å²) in [7, 11) is 0. The highest BCUT2D eigenvalue weighted by atomic mass is 35.5. The zero-order valence-electron chi connectivity index (χ0n) is 16.2. The van der Waals surface area contributed by atoms with Gasteiger partial charge in [-0.3, -0.25) is 4.79 Å². The van der Waals surface area contributed by atoms with Crippen LogP contribution in [0.1, 0.15) is 45.4 Å². The second kappa shape index (κ2) is 6.30. The monoisotopic (exact) mass is 387 g/mol. The van der Waals surface area contributed by atoms with Crippen molar-refractivity contribution in [2.75, 3.05) is 30.3 Å². The molecule has 1 aromatic carbocycles. The molecule has 1 heterocycles. The lowest BCUT2D eigenvalue weighted by atomic mass is 9.49. The molecule has 2 N–H and O–H groups in total. The molecule has 5 heteroatoms. The number of nitrogen functional groups attached to an aromatic ring is 1. The number of anilines is 2. The molecule has 0 spiro atoms. The van der Waals surface area contributed by atoms with Crippen molar-refractivity contribution in [3.8, 4) is 0 Å². The molecule has 1 saturated heterocycles. The summed E-state index contributed by atoms with van der Waals surface area (Å²) in [5.74, 6) is 2.88. The van der Waals surface area contributed by atoms with Crippen LogP contribution >= 0.6 is 11.6 Å². The van der Waals surface area contributed by atoms with Crippen LogP contribution < -0.4 is 10.6 Å². The van der Waals surface area contributed by atoms with E-state index in [0.29, 0.717) is 10.9 Å². The molecular formula is C22H30ClN3O. The number of piperazine rings is 1. The van der Waals surface area contributed by atoms with E-state index in [4.69, 9.17) is 17.3 Å². The van der Waals surface area contributed by atoms with Crippen LogP contribution in [0.2, 0.25) is 5.02 Å². The van der Waals surface area contributed by atoms with E-state index in [1.165, 1.54) is 19.3 Å².